The standard InChI is InChI=1S/C18H17FN6O/c1-11-17(22-23-25(11)16-6-3-9-20-18(16)19)14-7-8-15-13(21-14)5-4-10-24(15)12(2)26/h3,6-9H,4-5,10H2,1-2H3. The van der Waals surface area contributed by atoms with E-state index < -0.39 is 5.95 Å². The van der Waals surface area contributed by atoms with Crippen LogP contribution in [0.5, 0.6) is 0 Å². The predicted octanol–water partition coefficient (Wildman–Crippen LogP) is 2.47. The zero-order valence-electron chi connectivity index (χ0n) is 14.5. The van der Waals surface area contributed by atoms with Crippen LogP contribution in [-0.4, -0.2) is 37.4 Å². The first-order valence-corrected chi connectivity index (χ1v) is 8.38. The number of aryl methyl sites for hydroxylation is 1. The highest BCUT2D eigenvalue weighted by atomic mass is 19.1. The van der Waals surface area contributed by atoms with Crippen LogP contribution in [0.2, 0.25) is 0 Å². The van der Waals surface area contributed by atoms with Crippen LogP contribution < -0.4 is 4.90 Å². The van der Waals surface area contributed by atoms with Gasteiger partial charge in [0, 0.05) is 19.7 Å². The minimum Gasteiger partial charge on any atom is -0.311 e. The quantitative estimate of drug-likeness (QED) is 0.662. The lowest BCUT2D eigenvalue weighted by atomic mass is 10.1. The molecule has 1 aliphatic rings. The van der Waals surface area contributed by atoms with E-state index in [-0.39, 0.29) is 11.6 Å². The molecular formula is C18H17FN6O. The summed E-state index contributed by atoms with van der Waals surface area (Å²) in [5.74, 6) is -0.600. The summed E-state index contributed by atoms with van der Waals surface area (Å²) in [5.41, 5.74) is 3.85. The molecule has 0 spiro atoms. The molecule has 4 heterocycles. The van der Waals surface area contributed by atoms with Gasteiger partial charge in [0.25, 0.3) is 0 Å². The van der Waals surface area contributed by atoms with E-state index in [1.165, 1.54) is 10.9 Å². The van der Waals surface area contributed by atoms with Crippen molar-refractivity contribution in [2.75, 3.05) is 11.4 Å². The lowest BCUT2D eigenvalue weighted by molar-refractivity contribution is -0.116. The Kier molecular flexibility index (Phi) is 3.95. The highest BCUT2D eigenvalue weighted by Gasteiger charge is 2.23. The summed E-state index contributed by atoms with van der Waals surface area (Å²) in [4.78, 5) is 21.9. The highest BCUT2D eigenvalue weighted by molar-refractivity contribution is 5.92. The second-order valence-corrected chi connectivity index (χ2v) is 6.19. The Morgan fingerprint density at radius 2 is 2.08 bits per heavy atom. The second kappa shape index (κ2) is 6.29. The number of carbonyl (C=O) groups excluding carboxylic acids is 1. The summed E-state index contributed by atoms with van der Waals surface area (Å²) in [7, 11) is 0. The van der Waals surface area contributed by atoms with Gasteiger partial charge in [0.15, 0.2) is 0 Å². The molecule has 1 amide bonds. The Hall–Kier alpha value is -3.16. The number of nitrogens with zero attached hydrogens (tertiary/aromatic N) is 6. The third kappa shape index (κ3) is 2.63. The van der Waals surface area contributed by atoms with Crippen LogP contribution in [0.3, 0.4) is 0 Å². The maximum atomic E-state index is 14.0. The van der Waals surface area contributed by atoms with Crippen LogP contribution in [-0.2, 0) is 11.2 Å². The molecule has 0 aliphatic carbocycles. The average molecular weight is 352 g/mol. The minimum atomic E-state index is -0.609. The van der Waals surface area contributed by atoms with E-state index in [0.29, 0.717) is 23.6 Å². The van der Waals surface area contributed by atoms with Gasteiger partial charge in [0.2, 0.25) is 11.9 Å². The summed E-state index contributed by atoms with van der Waals surface area (Å²) in [6, 6.07) is 6.95. The Morgan fingerprint density at radius 3 is 2.85 bits per heavy atom. The van der Waals surface area contributed by atoms with E-state index in [4.69, 9.17) is 0 Å². The van der Waals surface area contributed by atoms with Gasteiger partial charge in [-0.1, -0.05) is 5.21 Å². The van der Waals surface area contributed by atoms with E-state index in [2.05, 4.69) is 20.3 Å². The first kappa shape index (κ1) is 16.3. The van der Waals surface area contributed by atoms with Gasteiger partial charge in [-0.05, 0) is 44.0 Å². The Bertz CT molecular complexity index is 999. The number of anilines is 1. The fourth-order valence-corrected chi connectivity index (χ4v) is 3.24. The number of fused-ring (bicyclic) bond motifs is 1. The van der Waals surface area contributed by atoms with Crippen LogP contribution in [0.1, 0.15) is 24.7 Å². The molecule has 26 heavy (non-hydrogen) atoms. The van der Waals surface area contributed by atoms with E-state index in [0.717, 1.165) is 24.2 Å². The monoisotopic (exact) mass is 352 g/mol. The Morgan fingerprint density at radius 1 is 1.23 bits per heavy atom. The van der Waals surface area contributed by atoms with Crippen molar-refractivity contribution in [1.82, 2.24) is 25.0 Å². The van der Waals surface area contributed by atoms with Gasteiger partial charge >= 0.3 is 0 Å². The molecule has 0 aromatic carbocycles. The van der Waals surface area contributed by atoms with Crippen LogP contribution in [0.4, 0.5) is 10.1 Å². The van der Waals surface area contributed by atoms with Crippen molar-refractivity contribution < 1.29 is 9.18 Å². The molecule has 7 nitrogen and oxygen atoms in total. The van der Waals surface area contributed by atoms with Crippen molar-refractivity contribution in [3.63, 3.8) is 0 Å². The van der Waals surface area contributed by atoms with E-state index in [9.17, 15) is 9.18 Å². The number of amides is 1. The van der Waals surface area contributed by atoms with Crippen molar-refractivity contribution in [3.8, 4) is 17.1 Å². The zero-order chi connectivity index (χ0) is 18.3. The molecule has 0 saturated heterocycles. The maximum absolute atomic E-state index is 14.0. The van der Waals surface area contributed by atoms with Gasteiger partial charge in [0.1, 0.15) is 11.4 Å². The molecule has 132 valence electrons. The summed E-state index contributed by atoms with van der Waals surface area (Å²) in [6.45, 7) is 4.07. The molecule has 4 rings (SSSR count). The molecule has 1 aliphatic heterocycles. The van der Waals surface area contributed by atoms with Crippen molar-refractivity contribution in [1.29, 1.82) is 0 Å². The van der Waals surface area contributed by atoms with E-state index in [1.807, 2.05) is 19.1 Å². The number of hydrogen-bond acceptors (Lipinski definition) is 5. The molecule has 0 radical (unpaired) electrons. The fraction of sp³-hybridized carbons (Fsp3) is 0.278. The van der Waals surface area contributed by atoms with E-state index in [1.54, 1.807) is 24.0 Å². The first-order chi connectivity index (χ1) is 12.6. The molecule has 0 atom stereocenters. The van der Waals surface area contributed by atoms with E-state index >= 15 is 0 Å². The van der Waals surface area contributed by atoms with Crippen molar-refractivity contribution >= 4 is 11.6 Å². The van der Waals surface area contributed by atoms with Gasteiger partial charge in [-0.15, -0.1) is 5.10 Å². The second-order valence-electron chi connectivity index (χ2n) is 6.19. The maximum Gasteiger partial charge on any atom is 0.238 e. The molecule has 0 bridgehead atoms. The third-order valence-corrected chi connectivity index (χ3v) is 4.52. The first-order valence-electron chi connectivity index (χ1n) is 8.38. The molecule has 3 aromatic rings. The molecule has 0 fully saturated rings. The molecule has 8 heteroatoms. The Labute approximate surface area is 149 Å². The summed E-state index contributed by atoms with van der Waals surface area (Å²) >= 11 is 0. The molecule has 0 unspecified atom stereocenters. The third-order valence-electron chi connectivity index (χ3n) is 4.52. The summed E-state index contributed by atoms with van der Waals surface area (Å²) in [5, 5.41) is 8.24. The van der Waals surface area contributed by atoms with Gasteiger partial charge in [-0.3, -0.25) is 4.79 Å². The van der Waals surface area contributed by atoms with Crippen molar-refractivity contribution in [2.24, 2.45) is 0 Å². The SMILES string of the molecule is CC(=O)N1CCCc2nc(-c3nnn(-c4cccnc4F)c3C)ccc21. The van der Waals surface area contributed by atoms with Gasteiger partial charge in [0.05, 0.1) is 22.8 Å². The zero-order valence-corrected chi connectivity index (χ0v) is 14.5. The van der Waals surface area contributed by atoms with Gasteiger partial charge < -0.3 is 4.90 Å². The predicted molar refractivity (Wildman–Crippen MR) is 93.4 cm³/mol. The number of aromatic nitrogens is 5. The van der Waals surface area contributed by atoms with Crippen LogP contribution in [0, 0.1) is 12.9 Å². The van der Waals surface area contributed by atoms with Gasteiger partial charge in [-0.2, -0.15) is 4.39 Å². The van der Waals surface area contributed by atoms with Crippen LogP contribution >= 0.6 is 0 Å². The lowest BCUT2D eigenvalue weighted by Crippen LogP contribution is -2.33. The number of rotatable bonds is 2. The smallest absolute Gasteiger partial charge is 0.238 e. The Balaban J connectivity index is 1.76. The minimum absolute atomic E-state index is 0.00896. The largest absolute Gasteiger partial charge is 0.311 e. The van der Waals surface area contributed by atoms with Crippen LogP contribution in [0.15, 0.2) is 30.5 Å². The number of hydrogen-bond donors (Lipinski definition) is 0. The number of pyridine rings is 2. The summed E-state index contributed by atoms with van der Waals surface area (Å²) < 4.78 is 15.4. The number of carbonyl (C=O) groups is 1. The summed E-state index contributed by atoms with van der Waals surface area (Å²) in [6.07, 6.45) is 3.06. The molecule has 3 aromatic heterocycles. The molecule has 0 saturated carbocycles. The topological polar surface area (TPSA) is 76.8 Å². The lowest BCUT2D eigenvalue weighted by Gasteiger charge is -2.27. The molecular weight excluding hydrogens is 335 g/mol. The average Bonchev–Trinajstić information content (AvgIpc) is 3.02. The number of halogens is 1. The normalized spacial score (nSPS) is 13.6. The fourth-order valence-electron chi connectivity index (χ4n) is 3.24. The van der Waals surface area contributed by atoms with Crippen molar-refractivity contribution in [3.05, 3.63) is 47.8 Å². The highest BCUT2D eigenvalue weighted by Crippen LogP contribution is 2.29. The van der Waals surface area contributed by atoms with Gasteiger partial charge in [-0.25, -0.2) is 14.6 Å². The van der Waals surface area contributed by atoms with Crippen LogP contribution in [0.25, 0.3) is 17.1 Å². The molecule has 0 N–H and O–H groups in total. The van der Waals surface area contributed by atoms with Crippen molar-refractivity contribution in [2.45, 2.75) is 26.7 Å².